The first-order valence-corrected chi connectivity index (χ1v) is 7.67. The number of carbonyl (C=O) groups excluding carboxylic acids is 1. The van der Waals surface area contributed by atoms with E-state index in [0.29, 0.717) is 26.3 Å². The summed E-state index contributed by atoms with van der Waals surface area (Å²) in [5.41, 5.74) is 6.54. The summed E-state index contributed by atoms with van der Waals surface area (Å²) in [4.78, 5) is 14.3. The minimum atomic E-state index is -0.422. The summed E-state index contributed by atoms with van der Waals surface area (Å²) < 4.78 is 5.63. The lowest BCUT2D eigenvalue weighted by atomic mass is 9.81. The summed E-state index contributed by atoms with van der Waals surface area (Å²) in [6.45, 7) is 6.14. The van der Waals surface area contributed by atoms with Gasteiger partial charge in [-0.2, -0.15) is 0 Å². The third kappa shape index (κ3) is 4.83. The molecule has 0 atom stereocenters. The molecule has 21 heavy (non-hydrogen) atoms. The predicted molar refractivity (Wildman–Crippen MR) is 85.8 cm³/mol. The van der Waals surface area contributed by atoms with Crippen molar-refractivity contribution in [2.75, 3.05) is 26.7 Å². The van der Waals surface area contributed by atoms with Crippen molar-refractivity contribution in [1.82, 2.24) is 4.90 Å². The molecule has 0 bridgehead atoms. The van der Waals surface area contributed by atoms with Crippen LogP contribution in [0.2, 0.25) is 0 Å². The molecule has 0 aliphatic heterocycles. The zero-order valence-electron chi connectivity index (χ0n) is 13.5. The topological polar surface area (TPSA) is 55.6 Å². The average Bonchev–Trinajstić information content (AvgIpc) is 2.54. The van der Waals surface area contributed by atoms with Crippen molar-refractivity contribution in [2.45, 2.75) is 33.3 Å². The van der Waals surface area contributed by atoms with E-state index in [2.05, 4.69) is 0 Å². The third-order valence-electron chi connectivity index (χ3n) is 4.23. The normalized spacial score (nSPS) is 11.4. The maximum atomic E-state index is 12.5. The molecule has 0 saturated carbocycles. The van der Waals surface area contributed by atoms with E-state index in [9.17, 15) is 4.79 Å². The Morgan fingerprint density at radius 3 is 2.38 bits per heavy atom. The van der Waals surface area contributed by atoms with Crippen molar-refractivity contribution in [3.05, 3.63) is 35.9 Å². The number of amides is 1. The van der Waals surface area contributed by atoms with Gasteiger partial charge in [-0.15, -0.1) is 0 Å². The molecule has 1 rings (SSSR count). The number of nitrogens with two attached hydrogens (primary N) is 1. The molecular formula is C17H28N2O2. The van der Waals surface area contributed by atoms with Gasteiger partial charge in [0.15, 0.2) is 0 Å². The van der Waals surface area contributed by atoms with E-state index in [1.807, 2.05) is 51.2 Å². The fraction of sp³-hybridized carbons (Fsp3) is 0.588. The molecule has 0 radical (unpaired) electrons. The predicted octanol–water partition coefficient (Wildman–Crippen LogP) is 2.43. The van der Waals surface area contributed by atoms with Crippen molar-refractivity contribution in [2.24, 2.45) is 11.1 Å². The Labute approximate surface area is 128 Å². The van der Waals surface area contributed by atoms with Gasteiger partial charge in [0.05, 0.1) is 18.6 Å². The van der Waals surface area contributed by atoms with E-state index in [1.165, 1.54) is 0 Å². The second-order valence-electron chi connectivity index (χ2n) is 5.46. The first-order chi connectivity index (χ1) is 10.1. The van der Waals surface area contributed by atoms with Crippen LogP contribution in [0.15, 0.2) is 30.3 Å². The summed E-state index contributed by atoms with van der Waals surface area (Å²) >= 11 is 0. The van der Waals surface area contributed by atoms with E-state index < -0.39 is 5.41 Å². The molecule has 0 aliphatic rings. The van der Waals surface area contributed by atoms with Gasteiger partial charge in [-0.05, 0) is 18.4 Å². The average molecular weight is 292 g/mol. The molecule has 0 aliphatic carbocycles. The number of nitrogens with zero attached hydrogens (tertiary/aromatic N) is 1. The summed E-state index contributed by atoms with van der Waals surface area (Å²) in [7, 11) is 1.82. The zero-order chi connectivity index (χ0) is 15.7. The van der Waals surface area contributed by atoms with Crippen molar-refractivity contribution in [3.63, 3.8) is 0 Å². The highest BCUT2D eigenvalue weighted by Gasteiger charge is 2.35. The van der Waals surface area contributed by atoms with Crippen LogP contribution in [-0.4, -0.2) is 37.6 Å². The summed E-state index contributed by atoms with van der Waals surface area (Å²) in [6.07, 6.45) is 1.54. The highest BCUT2D eigenvalue weighted by molar-refractivity contribution is 5.82. The van der Waals surface area contributed by atoms with Gasteiger partial charge in [-0.1, -0.05) is 44.2 Å². The molecule has 2 N–H and O–H groups in total. The highest BCUT2D eigenvalue weighted by atomic mass is 16.5. The van der Waals surface area contributed by atoms with Crippen LogP contribution in [0.5, 0.6) is 0 Å². The van der Waals surface area contributed by atoms with Crippen molar-refractivity contribution in [1.29, 1.82) is 0 Å². The van der Waals surface area contributed by atoms with Crippen molar-refractivity contribution < 1.29 is 9.53 Å². The maximum absolute atomic E-state index is 12.5. The van der Waals surface area contributed by atoms with Crippen LogP contribution in [0, 0.1) is 5.41 Å². The number of rotatable bonds is 9. The van der Waals surface area contributed by atoms with Gasteiger partial charge in [0.2, 0.25) is 5.91 Å². The minimum absolute atomic E-state index is 0.123. The van der Waals surface area contributed by atoms with E-state index >= 15 is 0 Å². The third-order valence-corrected chi connectivity index (χ3v) is 4.23. The largest absolute Gasteiger partial charge is 0.375 e. The van der Waals surface area contributed by atoms with Crippen molar-refractivity contribution >= 4 is 5.91 Å². The minimum Gasteiger partial charge on any atom is -0.375 e. The van der Waals surface area contributed by atoms with Gasteiger partial charge < -0.3 is 15.4 Å². The second kappa shape index (κ2) is 8.80. The number of hydrogen-bond donors (Lipinski definition) is 1. The molecule has 4 nitrogen and oxygen atoms in total. The molecule has 0 spiro atoms. The number of ether oxygens (including phenoxy) is 1. The molecule has 0 aromatic heterocycles. The van der Waals surface area contributed by atoms with Crippen LogP contribution in [0.25, 0.3) is 0 Å². The maximum Gasteiger partial charge on any atom is 0.229 e. The molecule has 0 unspecified atom stereocenters. The zero-order valence-corrected chi connectivity index (χ0v) is 13.5. The lowest BCUT2D eigenvalue weighted by molar-refractivity contribution is -0.141. The van der Waals surface area contributed by atoms with Crippen LogP contribution in [0.3, 0.4) is 0 Å². The highest BCUT2D eigenvalue weighted by Crippen LogP contribution is 2.27. The van der Waals surface area contributed by atoms with Gasteiger partial charge in [-0.25, -0.2) is 0 Å². The molecule has 118 valence electrons. The standard InChI is InChI=1S/C17H28N2O2/c1-4-17(5-2,14-18)16(20)19(3)11-12-21-13-15-9-7-6-8-10-15/h6-10H,4-5,11-14,18H2,1-3H3. The Balaban J connectivity index is 2.39. The quantitative estimate of drug-likeness (QED) is 0.711. The van der Waals surface area contributed by atoms with Crippen LogP contribution in [0.1, 0.15) is 32.3 Å². The lowest BCUT2D eigenvalue weighted by Crippen LogP contribution is -2.46. The monoisotopic (exact) mass is 292 g/mol. The summed E-state index contributed by atoms with van der Waals surface area (Å²) in [5, 5.41) is 0. The Morgan fingerprint density at radius 1 is 1.24 bits per heavy atom. The molecule has 0 heterocycles. The number of benzene rings is 1. The first-order valence-electron chi connectivity index (χ1n) is 7.67. The SMILES string of the molecule is CCC(CC)(CN)C(=O)N(C)CCOCc1ccccc1. The lowest BCUT2D eigenvalue weighted by Gasteiger charge is -2.33. The molecule has 0 fully saturated rings. The van der Waals surface area contributed by atoms with E-state index in [1.54, 1.807) is 4.90 Å². The number of carbonyl (C=O) groups is 1. The van der Waals surface area contributed by atoms with Crippen LogP contribution >= 0.6 is 0 Å². The number of likely N-dealkylation sites (N-methyl/N-ethyl adjacent to an activating group) is 1. The Hall–Kier alpha value is -1.39. The van der Waals surface area contributed by atoms with E-state index in [4.69, 9.17) is 10.5 Å². The van der Waals surface area contributed by atoms with Crippen LogP contribution in [0.4, 0.5) is 0 Å². The Bertz CT molecular complexity index is 408. The molecule has 1 aromatic rings. The summed E-state index contributed by atoms with van der Waals surface area (Å²) in [5.74, 6) is 0.123. The van der Waals surface area contributed by atoms with Crippen LogP contribution < -0.4 is 5.73 Å². The molecule has 1 amide bonds. The smallest absolute Gasteiger partial charge is 0.229 e. The molecule has 4 heteroatoms. The van der Waals surface area contributed by atoms with E-state index in [0.717, 1.165) is 18.4 Å². The van der Waals surface area contributed by atoms with Gasteiger partial charge in [0, 0.05) is 20.1 Å². The first kappa shape index (κ1) is 17.7. The fourth-order valence-electron chi connectivity index (χ4n) is 2.40. The van der Waals surface area contributed by atoms with Gasteiger partial charge in [0.1, 0.15) is 0 Å². The molecular weight excluding hydrogens is 264 g/mol. The fourth-order valence-corrected chi connectivity index (χ4v) is 2.40. The van der Waals surface area contributed by atoms with Gasteiger partial charge in [0.25, 0.3) is 0 Å². The molecule has 0 saturated heterocycles. The second-order valence-corrected chi connectivity index (χ2v) is 5.46. The molecule has 1 aromatic carbocycles. The number of hydrogen-bond acceptors (Lipinski definition) is 3. The van der Waals surface area contributed by atoms with Gasteiger partial charge >= 0.3 is 0 Å². The summed E-state index contributed by atoms with van der Waals surface area (Å²) in [6, 6.07) is 10.0. The van der Waals surface area contributed by atoms with Crippen molar-refractivity contribution in [3.8, 4) is 0 Å². The van der Waals surface area contributed by atoms with Gasteiger partial charge in [-0.3, -0.25) is 4.79 Å². The van der Waals surface area contributed by atoms with E-state index in [-0.39, 0.29) is 5.91 Å². The Morgan fingerprint density at radius 2 is 1.86 bits per heavy atom. The van der Waals surface area contributed by atoms with Crippen LogP contribution in [-0.2, 0) is 16.1 Å². The Kier molecular flexibility index (Phi) is 7.40.